The van der Waals surface area contributed by atoms with Gasteiger partial charge in [-0.15, -0.1) is 0 Å². The normalized spacial score (nSPS) is 32.6. The quantitative estimate of drug-likeness (QED) is 0.803. The van der Waals surface area contributed by atoms with E-state index in [-0.39, 0.29) is 0 Å². The molecule has 2 fully saturated rings. The van der Waals surface area contributed by atoms with Crippen LogP contribution in [0.5, 0.6) is 0 Å². The summed E-state index contributed by atoms with van der Waals surface area (Å²) in [6.45, 7) is 4.30. The van der Waals surface area contributed by atoms with Crippen molar-refractivity contribution in [1.82, 2.24) is 4.98 Å². The Morgan fingerprint density at radius 1 is 1.29 bits per heavy atom. The lowest BCUT2D eigenvalue weighted by Crippen LogP contribution is -2.38. The standard InChI is InChI=1S/C14H21N3/c1-10-4-2-7-14(16-10)17-8-11-5-3-6-13(15)12(11)9-17/h2,4,7,11-13H,3,5-6,8-9,15H2,1H3. The molecule has 3 heteroatoms. The van der Waals surface area contributed by atoms with Crippen LogP contribution in [0.15, 0.2) is 18.2 Å². The molecule has 2 aliphatic rings. The Hall–Kier alpha value is -1.09. The summed E-state index contributed by atoms with van der Waals surface area (Å²) in [5.41, 5.74) is 7.34. The smallest absolute Gasteiger partial charge is 0.128 e. The molecule has 2 heterocycles. The van der Waals surface area contributed by atoms with Crippen molar-refractivity contribution in [2.24, 2.45) is 17.6 Å². The fraction of sp³-hybridized carbons (Fsp3) is 0.643. The van der Waals surface area contributed by atoms with E-state index in [0.29, 0.717) is 12.0 Å². The summed E-state index contributed by atoms with van der Waals surface area (Å²) >= 11 is 0. The minimum Gasteiger partial charge on any atom is -0.356 e. The number of anilines is 1. The van der Waals surface area contributed by atoms with E-state index >= 15 is 0 Å². The molecule has 1 saturated heterocycles. The van der Waals surface area contributed by atoms with Gasteiger partial charge in [0.15, 0.2) is 0 Å². The van der Waals surface area contributed by atoms with E-state index in [4.69, 9.17) is 5.73 Å². The van der Waals surface area contributed by atoms with Gasteiger partial charge in [-0.05, 0) is 43.7 Å². The van der Waals surface area contributed by atoms with Crippen molar-refractivity contribution in [2.45, 2.75) is 32.2 Å². The third kappa shape index (κ3) is 2.04. The molecule has 1 aliphatic heterocycles. The number of nitrogens with two attached hydrogens (primary N) is 1. The van der Waals surface area contributed by atoms with Gasteiger partial charge in [-0.25, -0.2) is 4.98 Å². The molecule has 0 aromatic carbocycles. The molecule has 2 N–H and O–H groups in total. The van der Waals surface area contributed by atoms with E-state index < -0.39 is 0 Å². The minimum atomic E-state index is 0.406. The monoisotopic (exact) mass is 231 g/mol. The molecule has 1 aliphatic carbocycles. The molecule has 1 aromatic heterocycles. The predicted molar refractivity (Wildman–Crippen MR) is 70.0 cm³/mol. The highest BCUT2D eigenvalue weighted by Crippen LogP contribution is 2.36. The van der Waals surface area contributed by atoms with Crippen molar-refractivity contribution >= 4 is 5.82 Å². The lowest BCUT2D eigenvalue weighted by atomic mass is 9.78. The van der Waals surface area contributed by atoms with Crippen LogP contribution in [0.3, 0.4) is 0 Å². The Kier molecular flexibility index (Phi) is 2.79. The number of fused-ring (bicyclic) bond motifs is 1. The lowest BCUT2D eigenvalue weighted by molar-refractivity contribution is 0.260. The molecule has 0 spiro atoms. The van der Waals surface area contributed by atoms with Crippen LogP contribution in [0.4, 0.5) is 5.82 Å². The number of pyridine rings is 1. The Balaban J connectivity index is 1.79. The first-order chi connectivity index (χ1) is 8.24. The largest absolute Gasteiger partial charge is 0.356 e. The third-order valence-electron chi connectivity index (χ3n) is 4.35. The minimum absolute atomic E-state index is 0.406. The molecule has 3 rings (SSSR count). The maximum atomic E-state index is 6.24. The molecule has 17 heavy (non-hydrogen) atoms. The van der Waals surface area contributed by atoms with E-state index in [1.54, 1.807) is 0 Å². The zero-order valence-electron chi connectivity index (χ0n) is 10.5. The van der Waals surface area contributed by atoms with Crippen molar-refractivity contribution in [3.63, 3.8) is 0 Å². The highest BCUT2D eigenvalue weighted by molar-refractivity contribution is 5.41. The molecular weight excluding hydrogens is 210 g/mol. The molecule has 1 saturated carbocycles. The van der Waals surface area contributed by atoms with E-state index in [2.05, 4.69) is 35.0 Å². The average Bonchev–Trinajstić information content (AvgIpc) is 2.74. The summed E-state index contributed by atoms with van der Waals surface area (Å²) < 4.78 is 0. The van der Waals surface area contributed by atoms with Crippen LogP contribution in [0.1, 0.15) is 25.0 Å². The highest BCUT2D eigenvalue weighted by Gasteiger charge is 2.38. The summed E-state index contributed by atoms with van der Waals surface area (Å²) in [4.78, 5) is 7.05. The van der Waals surface area contributed by atoms with E-state index in [9.17, 15) is 0 Å². The second-order valence-electron chi connectivity index (χ2n) is 5.56. The number of rotatable bonds is 1. The maximum absolute atomic E-state index is 6.24. The molecule has 3 nitrogen and oxygen atoms in total. The SMILES string of the molecule is Cc1cccc(N2CC3CCCC(N)C3C2)n1. The van der Waals surface area contributed by atoms with Gasteiger partial charge in [0, 0.05) is 24.8 Å². The molecule has 0 bridgehead atoms. The fourth-order valence-electron chi connectivity index (χ4n) is 3.41. The second kappa shape index (κ2) is 4.30. The average molecular weight is 231 g/mol. The van der Waals surface area contributed by atoms with Crippen LogP contribution >= 0.6 is 0 Å². The second-order valence-corrected chi connectivity index (χ2v) is 5.56. The van der Waals surface area contributed by atoms with E-state index in [1.165, 1.54) is 19.3 Å². The number of nitrogens with zero attached hydrogens (tertiary/aromatic N) is 2. The van der Waals surface area contributed by atoms with Crippen LogP contribution < -0.4 is 10.6 Å². The topological polar surface area (TPSA) is 42.1 Å². The van der Waals surface area contributed by atoms with Crippen molar-refractivity contribution in [3.05, 3.63) is 23.9 Å². The van der Waals surface area contributed by atoms with Gasteiger partial charge < -0.3 is 10.6 Å². The first-order valence-electron chi connectivity index (χ1n) is 6.68. The molecule has 0 amide bonds. The van der Waals surface area contributed by atoms with Gasteiger partial charge in [0.05, 0.1) is 0 Å². The Morgan fingerprint density at radius 3 is 2.94 bits per heavy atom. The molecule has 1 aromatic rings. The number of hydrogen-bond donors (Lipinski definition) is 1. The fourth-order valence-corrected chi connectivity index (χ4v) is 3.41. The van der Waals surface area contributed by atoms with Gasteiger partial charge in [0.2, 0.25) is 0 Å². The van der Waals surface area contributed by atoms with Crippen LogP contribution in [0, 0.1) is 18.8 Å². The van der Waals surface area contributed by atoms with Crippen LogP contribution in [-0.2, 0) is 0 Å². The number of hydrogen-bond acceptors (Lipinski definition) is 3. The first-order valence-corrected chi connectivity index (χ1v) is 6.68. The Labute approximate surface area is 103 Å². The summed E-state index contributed by atoms with van der Waals surface area (Å²) in [6.07, 6.45) is 3.86. The van der Waals surface area contributed by atoms with Crippen molar-refractivity contribution in [1.29, 1.82) is 0 Å². The highest BCUT2D eigenvalue weighted by atomic mass is 15.2. The summed E-state index contributed by atoms with van der Waals surface area (Å²) in [6, 6.07) is 6.68. The van der Waals surface area contributed by atoms with E-state index in [1.807, 2.05) is 0 Å². The van der Waals surface area contributed by atoms with Gasteiger partial charge in [-0.1, -0.05) is 12.5 Å². The summed E-state index contributed by atoms with van der Waals surface area (Å²) in [5.74, 6) is 2.61. The van der Waals surface area contributed by atoms with Crippen LogP contribution in [0.2, 0.25) is 0 Å². The van der Waals surface area contributed by atoms with Gasteiger partial charge in [0.1, 0.15) is 5.82 Å². The van der Waals surface area contributed by atoms with Crippen LogP contribution in [-0.4, -0.2) is 24.1 Å². The molecule has 0 radical (unpaired) electrons. The Bertz CT molecular complexity index is 404. The summed E-state index contributed by atoms with van der Waals surface area (Å²) in [7, 11) is 0. The molecule has 92 valence electrons. The zero-order chi connectivity index (χ0) is 11.8. The summed E-state index contributed by atoms with van der Waals surface area (Å²) in [5, 5.41) is 0. The van der Waals surface area contributed by atoms with Gasteiger partial charge in [0.25, 0.3) is 0 Å². The molecular formula is C14H21N3. The van der Waals surface area contributed by atoms with Crippen molar-refractivity contribution in [3.8, 4) is 0 Å². The van der Waals surface area contributed by atoms with Crippen LogP contribution in [0.25, 0.3) is 0 Å². The van der Waals surface area contributed by atoms with Crippen molar-refractivity contribution < 1.29 is 0 Å². The zero-order valence-corrected chi connectivity index (χ0v) is 10.5. The van der Waals surface area contributed by atoms with E-state index in [0.717, 1.165) is 30.5 Å². The molecule has 3 atom stereocenters. The molecule has 3 unspecified atom stereocenters. The number of aromatic nitrogens is 1. The van der Waals surface area contributed by atoms with Gasteiger partial charge in [-0.2, -0.15) is 0 Å². The van der Waals surface area contributed by atoms with Crippen molar-refractivity contribution in [2.75, 3.05) is 18.0 Å². The van der Waals surface area contributed by atoms with Gasteiger partial charge >= 0.3 is 0 Å². The first kappa shape index (κ1) is 11.0. The predicted octanol–water partition coefficient (Wildman–Crippen LogP) is 1.95. The lowest BCUT2D eigenvalue weighted by Gasteiger charge is -2.29. The van der Waals surface area contributed by atoms with Gasteiger partial charge in [-0.3, -0.25) is 0 Å². The third-order valence-corrected chi connectivity index (χ3v) is 4.35. The Morgan fingerprint density at radius 2 is 2.18 bits per heavy atom. The maximum Gasteiger partial charge on any atom is 0.128 e. The number of aryl methyl sites for hydroxylation is 1.